The van der Waals surface area contributed by atoms with Gasteiger partial charge in [0.15, 0.2) is 0 Å². The average molecular weight is 380 g/mol. The molecule has 3 heterocycles. The molecule has 6 heteroatoms. The third kappa shape index (κ3) is 3.63. The van der Waals surface area contributed by atoms with Crippen LogP contribution in [-0.2, 0) is 0 Å². The standard InChI is InChI=1S/C22H28N4O2/c1-3-25-16-17(28-20-11-5-4-10-19(20)25)15-24(2)22(27)18-9-8-12-23-21(18)26-13-6-7-14-26/h4-5,8-12,17H,3,6-7,13-16H2,1-2H3/t17-/m1/s1. The smallest absolute Gasteiger partial charge is 0.257 e. The van der Waals surface area contributed by atoms with E-state index >= 15 is 0 Å². The van der Waals surface area contributed by atoms with E-state index in [9.17, 15) is 4.79 Å². The highest BCUT2D eigenvalue weighted by Crippen LogP contribution is 2.33. The van der Waals surface area contributed by atoms with E-state index in [-0.39, 0.29) is 12.0 Å². The Balaban J connectivity index is 1.49. The van der Waals surface area contributed by atoms with Crippen LogP contribution in [0.2, 0.25) is 0 Å². The molecule has 0 saturated carbocycles. The van der Waals surface area contributed by atoms with Gasteiger partial charge >= 0.3 is 0 Å². The van der Waals surface area contributed by atoms with Crippen LogP contribution in [0.15, 0.2) is 42.6 Å². The molecule has 0 N–H and O–H groups in total. The monoisotopic (exact) mass is 380 g/mol. The number of fused-ring (bicyclic) bond motifs is 1. The lowest BCUT2D eigenvalue weighted by Crippen LogP contribution is -2.47. The quantitative estimate of drug-likeness (QED) is 0.798. The normalized spacial score (nSPS) is 18.6. The van der Waals surface area contributed by atoms with Gasteiger partial charge in [-0.05, 0) is 44.0 Å². The van der Waals surface area contributed by atoms with Gasteiger partial charge in [0, 0.05) is 32.9 Å². The molecular weight excluding hydrogens is 352 g/mol. The van der Waals surface area contributed by atoms with Crippen LogP contribution in [0, 0.1) is 0 Å². The number of benzene rings is 1. The Morgan fingerprint density at radius 1 is 1.21 bits per heavy atom. The van der Waals surface area contributed by atoms with E-state index in [2.05, 4.69) is 27.8 Å². The van der Waals surface area contributed by atoms with Gasteiger partial charge in [0.2, 0.25) is 0 Å². The molecule has 1 saturated heterocycles. The Morgan fingerprint density at radius 2 is 2.00 bits per heavy atom. The first-order valence-electron chi connectivity index (χ1n) is 10.1. The maximum absolute atomic E-state index is 13.2. The van der Waals surface area contributed by atoms with Crippen LogP contribution in [0.4, 0.5) is 11.5 Å². The lowest BCUT2D eigenvalue weighted by Gasteiger charge is -2.37. The Hall–Kier alpha value is -2.76. The number of anilines is 2. The van der Waals surface area contributed by atoms with Crippen molar-refractivity contribution in [1.82, 2.24) is 9.88 Å². The van der Waals surface area contributed by atoms with E-state index in [1.54, 1.807) is 11.1 Å². The Labute approximate surface area is 166 Å². The third-order valence-corrected chi connectivity index (χ3v) is 5.55. The molecular formula is C22H28N4O2. The molecule has 2 aromatic rings. The van der Waals surface area contributed by atoms with Gasteiger partial charge in [0.1, 0.15) is 17.7 Å². The van der Waals surface area contributed by atoms with Crippen molar-refractivity contribution in [1.29, 1.82) is 0 Å². The summed E-state index contributed by atoms with van der Waals surface area (Å²) in [6.07, 6.45) is 4.02. The molecule has 1 aromatic carbocycles. The molecule has 28 heavy (non-hydrogen) atoms. The molecule has 0 spiro atoms. The largest absolute Gasteiger partial charge is 0.485 e. The summed E-state index contributed by atoms with van der Waals surface area (Å²) in [7, 11) is 1.85. The van der Waals surface area contributed by atoms with Crippen molar-refractivity contribution < 1.29 is 9.53 Å². The minimum Gasteiger partial charge on any atom is -0.485 e. The average Bonchev–Trinajstić information content (AvgIpc) is 3.27. The number of hydrogen-bond acceptors (Lipinski definition) is 5. The minimum absolute atomic E-state index is 0.000470. The van der Waals surface area contributed by atoms with Gasteiger partial charge in [0.25, 0.3) is 5.91 Å². The summed E-state index contributed by atoms with van der Waals surface area (Å²) in [5, 5.41) is 0. The van der Waals surface area contributed by atoms with Gasteiger partial charge in [-0.15, -0.1) is 0 Å². The summed E-state index contributed by atoms with van der Waals surface area (Å²) in [5.74, 6) is 1.70. The fourth-order valence-electron chi connectivity index (χ4n) is 4.11. The van der Waals surface area contributed by atoms with E-state index in [1.807, 2.05) is 37.4 Å². The fraction of sp³-hybridized carbons (Fsp3) is 0.455. The number of para-hydroxylation sites is 2. The van der Waals surface area contributed by atoms with Gasteiger partial charge in [-0.1, -0.05) is 12.1 Å². The number of hydrogen-bond donors (Lipinski definition) is 0. The summed E-state index contributed by atoms with van der Waals surface area (Å²) in [5.41, 5.74) is 1.80. The highest BCUT2D eigenvalue weighted by Gasteiger charge is 2.28. The number of likely N-dealkylation sites (N-methyl/N-ethyl adjacent to an activating group) is 2. The zero-order valence-corrected chi connectivity index (χ0v) is 16.7. The maximum atomic E-state index is 13.2. The van der Waals surface area contributed by atoms with Crippen molar-refractivity contribution in [2.24, 2.45) is 0 Å². The summed E-state index contributed by atoms with van der Waals surface area (Å²) >= 11 is 0. The molecule has 4 rings (SSSR count). The van der Waals surface area contributed by atoms with Crippen LogP contribution >= 0.6 is 0 Å². The van der Waals surface area contributed by atoms with Crippen molar-refractivity contribution in [3.8, 4) is 5.75 Å². The van der Waals surface area contributed by atoms with Gasteiger partial charge in [-0.2, -0.15) is 0 Å². The number of ether oxygens (including phenoxy) is 1. The second kappa shape index (κ2) is 8.09. The van der Waals surface area contributed by atoms with Crippen molar-refractivity contribution in [3.63, 3.8) is 0 Å². The van der Waals surface area contributed by atoms with Crippen LogP contribution in [0.1, 0.15) is 30.1 Å². The van der Waals surface area contributed by atoms with E-state index in [0.717, 1.165) is 56.3 Å². The minimum atomic E-state index is -0.0595. The highest BCUT2D eigenvalue weighted by molar-refractivity contribution is 5.98. The Kier molecular flexibility index (Phi) is 5.37. The van der Waals surface area contributed by atoms with Crippen LogP contribution in [-0.4, -0.2) is 61.7 Å². The van der Waals surface area contributed by atoms with Gasteiger partial charge in [-0.25, -0.2) is 4.98 Å². The van der Waals surface area contributed by atoms with Gasteiger partial charge < -0.3 is 19.4 Å². The van der Waals surface area contributed by atoms with Crippen LogP contribution in [0.5, 0.6) is 5.75 Å². The number of nitrogens with zero attached hydrogens (tertiary/aromatic N) is 4. The fourth-order valence-corrected chi connectivity index (χ4v) is 4.11. The number of amides is 1. The Bertz CT molecular complexity index is 835. The van der Waals surface area contributed by atoms with Crippen LogP contribution in [0.3, 0.4) is 0 Å². The molecule has 6 nitrogen and oxygen atoms in total. The van der Waals surface area contributed by atoms with Crippen LogP contribution in [0.25, 0.3) is 0 Å². The molecule has 1 aromatic heterocycles. The summed E-state index contributed by atoms with van der Waals surface area (Å²) < 4.78 is 6.19. The van der Waals surface area contributed by atoms with Crippen molar-refractivity contribution in [2.75, 3.05) is 49.6 Å². The molecule has 0 radical (unpaired) electrons. The predicted octanol–water partition coefficient (Wildman–Crippen LogP) is 3.04. The first kappa shape index (κ1) is 18.6. The number of rotatable bonds is 5. The zero-order valence-electron chi connectivity index (χ0n) is 16.7. The number of pyridine rings is 1. The molecule has 1 atom stereocenters. The van der Waals surface area contributed by atoms with Crippen molar-refractivity contribution in [3.05, 3.63) is 48.2 Å². The molecule has 2 aliphatic heterocycles. The number of carbonyl (C=O) groups excluding carboxylic acids is 1. The molecule has 0 aliphatic carbocycles. The molecule has 1 fully saturated rings. The molecule has 0 unspecified atom stereocenters. The second-order valence-corrected chi connectivity index (χ2v) is 7.50. The number of carbonyl (C=O) groups is 1. The van der Waals surface area contributed by atoms with E-state index < -0.39 is 0 Å². The van der Waals surface area contributed by atoms with Crippen molar-refractivity contribution >= 4 is 17.4 Å². The molecule has 1 amide bonds. The topological polar surface area (TPSA) is 48.9 Å². The summed E-state index contributed by atoms with van der Waals surface area (Å²) in [4.78, 5) is 24.0. The van der Waals surface area contributed by atoms with Crippen LogP contribution < -0.4 is 14.5 Å². The van der Waals surface area contributed by atoms with Crippen molar-refractivity contribution in [2.45, 2.75) is 25.9 Å². The lowest BCUT2D eigenvalue weighted by molar-refractivity contribution is 0.0710. The SMILES string of the molecule is CCN1C[C@@H](CN(C)C(=O)c2cccnc2N2CCCC2)Oc2ccccc21. The maximum Gasteiger partial charge on any atom is 0.257 e. The van der Waals surface area contributed by atoms with E-state index in [0.29, 0.717) is 12.1 Å². The predicted molar refractivity (Wildman–Crippen MR) is 111 cm³/mol. The molecule has 2 aliphatic rings. The second-order valence-electron chi connectivity index (χ2n) is 7.50. The molecule has 0 bridgehead atoms. The lowest BCUT2D eigenvalue weighted by atomic mass is 10.1. The summed E-state index contributed by atoms with van der Waals surface area (Å²) in [6.45, 7) is 6.31. The summed E-state index contributed by atoms with van der Waals surface area (Å²) in [6, 6.07) is 11.8. The Morgan fingerprint density at radius 3 is 2.79 bits per heavy atom. The first-order valence-corrected chi connectivity index (χ1v) is 10.1. The first-order chi connectivity index (χ1) is 13.7. The molecule has 148 valence electrons. The van der Waals surface area contributed by atoms with Gasteiger partial charge in [0.05, 0.1) is 24.3 Å². The third-order valence-electron chi connectivity index (χ3n) is 5.55. The number of aromatic nitrogens is 1. The zero-order chi connectivity index (χ0) is 19.5. The van der Waals surface area contributed by atoms with E-state index in [4.69, 9.17) is 4.74 Å². The van der Waals surface area contributed by atoms with E-state index in [1.165, 1.54) is 0 Å². The van der Waals surface area contributed by atoms with Gasteiger partial charge in [-0.3, -0.25) is 4.79 Å². The highest BCUT2D eigenvalue weighted by atomic mass is 16.5.